The third-order valence-electron chi connectivity index (χ3n) is 1.91. The van der Waals surface area contributed by atoms with Gasteiger partial charge in [0.15, 0.2) is 6.10 Å². The molecule has 0 amide bonds. The Balaban J connectivity index is 2.60. The lowest BCUT2D eigenvalue weighted by Crippen LogP contribution is -2.26. The van der Waals surface area contributed by atoms with Crippen molar-refractivity contribution in [3.63, 3.8) is 0 Å². The van der Waals surface area contributed by atoms with E-state index in [9.17, 15) is 9.59 Å². The van der Waals surface area contributed by atoms with E-state index in [-0.39, 0.29) is 12.2 Å². The number of halogens is 1. The van der Waals surface area contributed by atoms with Gasteiger partial charge in [-0.2, -0.15) is 0 Å². The van der Waals surface area contributed by atoms with E-state index in [1.54, 1.807) is 6.92 Å². The van der Waals surface area contributed by atoms with Crippen LogP contribution in [0.2, 0.25) is 5.02 Å². The van der Waals surface area contributed by atoms with Gasteiger partial charge in [0.2, 0.25) is 0 Å². The first-order valence-corrected chi connectivity index (χ1v) is 5.47. The molecule has 1 atom stereocenters. The number of benzene rings is 1. The Morgan fingerprint density at radius 1 is 1.47 bits per heavy atom. The van der Waals surface area contributed by atoms with Crippen LogP contribution < -0.4 is 0 Å². The summed E-state index contributed by atoms with van der Waals surface area (Å²) in [4.78, 5) is 22.8. The number of carbonyl (C=O) groups is 2. The quantitative estimate of drug-likeness (QED) is 0.775. The van der Waals surface area contributed by atoms with E-state index in [2.05, 4.69) is 6.07 Å². The van der Waals surface area contributed by atoms with Gasteiger partial charge in [-0.1, -0.05) is 11.6 Å². The third-order valence-corrected chi connectivity index (χ3v) is 2.15. The van der Waals surface area contributed by atoms with Crippen molar-refractivity contribution in [1.29, 1.82) is 0 Å². The molecule has 0 aliphatic rings. The minimum atomic E-state index is -0.932. The van der Waals surface area contributed by atoms with Crippen LogP contribution >= 0.6 is 11.6 Å². The van der Waals surface area contributed by atoms with Crippen LogP contribution in [0, 0.1) is 6.07 Å². The highest BCUT2D eigenvalue weighted by atomic mass is 35.5. The second-order valence-electron chi connectivity index (χ2n) is 3.22. The monoisotopic (exact) mass is 255 g/mol. The van der Waals surface area contributed by atoms with E-state index in [1.807, 2.05) is 0 Å². The molecule has 5 heteroatoms. The lowest BCUT2D eigenvalue weighted by Gasteiger charge is -2.11. The van der Waals surface area contributed by atoms with Crippen molar-refractivity contribution >= 4 is 23.5 Å². The van der Waals surface area contributed by atoms with Gasteiger partial charge < -0.3 is 9.47 Å². The van der Waals surface area contributed by atoms with Crippen molar-refractivity contribution in [3.05, 3.63) is 34.9 Å². The summed E-state index contributed by atoms with van der Waals surface area (Å²) in [7, 11) is 0. The van der Waals surface area contributed by atoms with Gasteiger partial charge in [-0.15, -0.1) is 0 Å². The summed E-state index contributed by atoms with van der Waals surface area (Å²) in [6, 6.07) is 7.08. The Kier molecular flexibility index (Phi) is 4.97. The normalized spacial score (nSPS) is 11.7. The molecule has 1 aromatic rings. The Labute approximate surface area is 104 Å². The summed E-state index contributed by atoms with van der Waals surface area (Å²) >= 11 is 5.63. The maximum absolute atomic E-state index is 11.6. The lowest BCUT2D eigenvalue weighted by atomic mass is 10.2. The van der Waals surface area contributed by atoms with Gasteiger partial charge in [0.25, 0.3) is 0 Å². The average Bonchev–Trinajstić information content (AvgIpc) is 2.30. The molecule has 0 N–H and O–H groups in total. The molecule has 0 saturated carbocycles. The van der Waals surface area contributed by atoms with Crippen LogP contribution in [0.1, 0.15) is 24.2 Å². The Morgan fingerprint density at radius 3 is 2.71 bits per heavy atom. The number of rotatable bonds is 4. The highest BCUT2D eigenvalue weighted by Gasteiger charge is 2.19. The molecular formula is C12H12ClO4. The zero-order valence-electron chi connectivity index (χ0n) is 9.53. The van der Waals surface area contributed by atoms with Crippen LogP contribution in [0.3, 0.4) is 0 Å². The van der Waals surface area contributed by atoms with Crippen LogP contribution in [0.25, 0.3) is 0 Å². The Morgan fingerprint density at radius 2 is 2.18 bits per heavy atom. The lowest BCUT2D eigenvalue weighted by molar-refractivity contribution is -0.152. The summed E-state index contributed by atoms with van der Waals surface area (Å²) < 4.78 is 9.63. The molecule has 4 nitrogen and oxygen atoms in total. The van der Waals surface area contributed by atoms with Crippen molar-refractivity contribution in [2.24, 2.45) is 0 Å². The standard InChI is InChI=1S/C12H12ClO4/c1-3-16-11(14)8(2)17-12(15)9-4-6-10(13)7-5-9/h4-6,8H,3H2,1-2H3. The molecule has 0 spiro atoms. The summed E-state index contributed by atoms with van der Waals surface area (Å²) in [5.74, 6) is -1.18. The molecular weight excluding hydrogens is 244 g/mol. The molecule has 0 aliphatic carbocycles. The van der Waals surface area contributed by atoms with Crippen molar-refractivity contribution < 1.29 is 19.1 Å². The van der Waals surface area contributed by atoms with Gasteiger partial charge in [-0.3, -0.25) is 0 Å². The largest absolute Gasteiger partial charge is 0.463 e. The molecule has 0 aromatic heterocycles. The van der Waals surface area contributed by atoms with Crippen molar-refractivity contribution in [2.45, 2.75) is 20.0 Å². The van der Waals surface area contributed by atoms with Crippen LogP contribution in [0.5, 0.6) is 0 Å². The van der Waals surface area contributed by atoms with Gasteiger partial charge in [0.05, 0.1) is 12.2 Å². The minimum absolute atomic E-state index is 0.245. The number of carbonyl (C=O) groups excluding carboxylic acids is 2. The van der Waals surface area contributed by atoms with Crippen LogP contribution in [-0.4, -0.2) is 24.6 Å². The molecule has 0 aliphatic heterocycles. The summed E-state index contributed by atoms with van der Waals surface area (Å²) in [6.45, 7) is 3.38. The highest BCUT2D eigenvalue weighted by molar-refractivity contribution is 6.30. The van der Waals surface area contributed by atoms with E-state index in [4.69, 9.17) is 21.1 Å². The zero-order valence-corrected chi connectivity index (χ0v) is 10.3. The van der Waals surface area contributed by atoms with Gasteiger partial charge in [-0.05, 0) is 32.0 Å². The molecule has 0 bridgehead atoms. The van der Waals surface area contributed by atoms with Crippen LogP contribution in [0.15, 0.2) is 18.2 Å². The van der Waals surface area contributed by atoms with E-state index in [1.165, 1.54) is 25.1 Å². The van der Waals surface area contributed by atoms with Gasteiger partial charge >= 0.3 is 11.9 Å². The average molecular weight is 256 g/mol. The molecule has 1 aromatic carbocycles. The summed E-state index contributed by atoms with van der Waals surface area (Å²) in [5.41, 5.74) is 0.283. The summed E-state index contributed by atoms with van der Waals surface area (Å²) in [6.07, 6.45) is -0.932. The van der Waals surface area contributed by atoms with Crippen molar-refractivity contribution in [3.8, 4) is 0 Å². The Bertz CT molecular complexity index is 399. The fraction of sp³-hybridized carbons (Fsp3) is 0.333. The van der Waals surface area contributed by atoms with E-state index < -0.39 is 18.0 Å². The third kappa shape index (κ3) is 4.07. The first-order valence-electron chi connectivity index (χ1n) is 5.09. The number of esters is 2. The predicted molar refractivity (Wildman–Crippen MR) is 61.8 cm³/mol. The number of hydrogen-bond donors (Lipinski definition) is 0. The van der Waals surface area contributed by atoms with E-state index in [0.717, 1.165) is 0 Å². The maximum atomic E-state index is 11.6. The molecule has 1 radical (unpaired) electrons. The molecule has 91 valence electrons. The molecule has 0 fully saturated rings. The molecule has 17 heavy (non-hydrogen) atoms. The second kappa shape index (κ2) is 6.25. The predicted octanol–water partition coefficient (Wildman–Crippen LogP) is 2.25. The fourth-order valence-corrected chi connectivity index (χ4v) is 1.19. The number of hydrogen-bond acceptors (Lipinski definition) is 4. The van der Waals surface area contributed by atoms with Crippen molar-refractivity contribution in [1.82, 2.24) is 0 Å². The van der Waals surface area contributed by atoms with E-state index in [0.29, 0.717) is 5.02 Å². The minimum Gasteiger partial charge on any atom is -0.463 e. The molecule has 0 heterocycles. The van der Waals surface area contributed by atoms with Crippen LogP contribution in [-0.2, 0) is 14.3 Å². The topological polar surface area (TPSA) is 52.6 Å². The fourth-order valence-electron chi connectivity index (χ4n) is 1.07. The Hall–Kier alpha value is -1.55. The smallest absolute Gasteiger partial charge is 0.347 e. The summed E-state index contributed by atoms with van der Waals surface area (Å²) in [5, 5.41) is 0.403. The van der Waals surface area contributed by atoms with E-state index >= 15 is 0 Å². The molecule has 1 unspecified atom stereocenters. The SMILES string of the molecule is CCOC(=O)C(C)OC(=O)c1c[c]c(Cl)cc1. The first-order chi connectivity index (χ1) is 8.04. The molecule has 1 rings (SSSR count). The van der Waals surface area contributed by atoms with Gasteiger partial charge in [0.1, 0.15) is 0 Å². The van der Waals surface area contributed by atoms with Crippen molar-refractivity contribution in [2.75, 3.05) is 6.61 Å². The maximum Gasteiger partial charge on any atom is 0.347 e. The highest BCUT2D eigenvalue weighted by Crippen LogP contribution is 2.10. The second-order valence-corrected chi connectivity index (χ2v) is 3.63. The first kappa shape index (κ1) is 13.5. The van der Waals surface area contributed by atoms with Crippen LogP contribution in [0.4, 0.5) is 0 Å². The van der Waals surface area contributed by atoms with Gasteiger partial charge in [0, 0.05) is 11.1 Å². The molecule has 0 saturated heterocycles. The zero-order chi connectivity index (χ0) is 12.8. The number of ether oxygens (including phenoxy) is 2. The van der Waals surface area contributed by atoms with Gasteiger partial charge in [-0.25, -0.2) is 9.59 Å².